The minimum absolute atomic E-state index is 0.00134. The van der Waals surface area contributed by atoms with Crippen molar-refractivity contribution in [2.45, 2.75) is 46.0 Å². The van der Waals surface area contributed by atoms with Gasteiger partial charge in [0, 0.05) is 16.7 Å². The van der Waals surface area contributed by atoms with Crippen LogP contribution in [0.2, 0.25) is 0 Å². The minimum Gasteiger partial charge on any atom is -0.289 e. The lowest BCUT2D eigenvalue weighted by molar-refractivity contribution is 0.0981. The molecule has 0 saturated carbocycles. The van der Waals surface area contributed by atoms with Crippen LogP contribution in [0.25, 0.3) is 0 Å². The highest BCUT2D eigenvalue weighted by atomic mass is 16.1. The quantitative estimate of drug-likeness (QED) is 0.742. The Morgan fingerprint density at radius 3 is 2.53 bits per heavy atom. The van der Waals surface area contributed by atoms with Gasteiger partial charge in [0.05, 0.1) is 0 Å². The van der Waals surface area contributed by atoms with Crippen molar-refractivity contribution in [3.05, 3.63) is 46.5 Å². The lowest BCUT2D eigenvalue weighted by Crippen LogP contribution is -2.18. The molecule has 19 heavy (non-hydrogen) atoms. The molecule has 2 heteroatoms. The Labute approximate surface area is 114 Å². The summed E-state index contributed by atoms with van der Waals surface area (Å²) in [6, 6.07) is 5.65. The lowest BCUT2D eigenvalue weighted by atomic mass is 9.84. The van der Waals surface area contributed by atoms with Crippen LogP contribution in [0.3, 0.4) is 0 Å². The summed E-state index contributed by atoms with van der Waals surface area (Å²) in [6.45, 7) is 4.07. The first-order valence-electron chi connectivity index (χ1n) is 7.10. The average Bonchev–Trinajstić information content (AvgIpc) is 2.43. The number of ketones is 2. The smallest absolute Gasteiger partial charge is 0.189 e. The van der Waals surface area contributed by atoms with Crippen LogP contribution < -0.4 is 0 Å². The van der Waals surface area contributed by atoms with E-state index in [1.807, 2.05) is 19.1 Å². The topological polar surface area (TPSA) is 34.1 Å². The van der Waals surface area contributed by atoms with Gasteiger partial charge < -0.3 is 0 Å². The maximum atomic E-state index is 12.3. The number of Topliss-reactive ketones (excluding diaryl/α,β-unsaturated/α-hetero) is 1. The average molecular weight is 256 g/mol. The van der Waals surface area contributed by atoms with Crippen molar-refractivity contribution in [2.75, 3.05) is 0 Å². The highest BCUT2D eigenvalue weighted by Gasteiger charge is 2.26. The van der Waals surface area contributed by atoms with Crippen molar-refractivity contribution in [3.63, 3.8) is 0 Å². The number of unbranched alkanes of at least 4 members (excludes halogenated alkanes) is 2. The van der Waals surface area contributed by atoms with E-state index in [4.69, 9.17) is 0 Å². The van der Waals surface area contributed by atoms with Crippen molar-refractivity contribution in [1.29, 1.82) is 0 Å². The Morgan fingerprint density at radius 2 is 1.84 bits per heavy atom. The molecule has 0 N–H and O–H groups in total. The number of carbonyl (C=O) groups excluding carboxylic acids is 2. The fraction of sp³-hybridized carbons (Fsp3) is 0.412. The first-order chi connectivity index (χ1) is 9.19. The van der Waals surface area contributed by atoms with Gasteiger partial charge in [-0.05, 0) is 30.9 Å². The number of fused-ring (bicyclic) bond motifs is 1. The van der Waals surface area contributed by atoms with E-state index in [1.165, 1.54) is 6.08 Å². The van der Waals surface area contributed by atoms with Crippen LogP contribution in [0.15, 0.2) is 29.8 Å². The predicted molar refractivity (Wildman–Crippen MR) is 76.7 cm³/mol. The van der Waals surface area contributed by atoms with E-state index in [1.54, 1.807) is 6.07 Å². The molecule has 0 atom stereocenters. The molecule has 0 aliphatic heterocycles. The second-order valence-electron chi connectivity index (χ2n) is 5.01. The number of hydrogen-bond donors (Lipinski definition) is 0. The van der Waals surface area contributed by atoms with Gasteiger partial charge in [-0.3, -0.25) is 9.59 Å². The largest absolute Gasteiger partial charge is 0.289 e. The standard InChI is InChI=1S/C17H20O2/c1-3-5-6-8-13-9-7-10-14-16(13)15(18)11-12(4-2)17(14)19/h7,9-11H,3-6,8H2,1-2H3. The molecule has 2 rings (SSSR count). The summed E-state index contributed by atoms with van der Waals surface area (Å²) >= 11 is 0. The summed E-state index contributed by atoms with van der Waals surface area (Å²) in [6.07, 6.45) is 6.39. The van der Waals surface area contributed by atoms with Gasteiger partial charge in [-0.15, -0.1) is 0 Å². The molecule has 0 bridgehead atoms. The monoisotopic (exact) mass is 256 g/mol. The third-order valence-electron chi connectivity index (χ3n) is 3.67. The first-order valence-corrected chi connectivity index (χ1v) is 7.10. The van der Waals surface area contributed by atoms with Crippen LogP contribution in [0, 0.1) is 0 Å². The molecule has 1 aromatic carbocycles. The van der Waals surface area contributed by atoms with Crippen molar-refractivity contribution in [2.24, 2.45) is 0 Å². The maximum Gasteiger partial charge on any atom is 0.189 e. The molecule has 1 aliphatic carbocycles. The zero-order valence-electron chi connectivity index (χ0n) is 11.7. The van der Waals surface area contributed by atoms with Crippen molar-refractivity contribution in [3.8, 4) is 0 Å². The van der Waals surface area contributed by atoms with Crippen LogP contribution in [0.5, 0.6) is 0 Å². The van der Waals surface area contributed by atoms with Crippen molar-refractivity contribution < 1.29 is 9.59 Å². The lowest BCUT2D eigenvalue weighted by Gasteiger charge is -2.17. The van der Waals surface area contributed by atoms with Crippen LogP contribution in [-0.2, 0) is 6.42 Å². The summed E-state index contributed by atoms with van der Waals surface area (Å²) < 4.78 is 0. The van der Waals surface area contributed by atoms with Crippen molar-refractivity contribution in [1.82, 2.24) is 0 Å². The van der Waals surface area contributed by atoms with Gasteiger partial charge in [0.15, 0.2) is 11.6 Å². The van der Waals surface area contributed by atoms with Gasteiger partial charge in [0.25, 0.3) is 0 Å². The van der Waals surface area contributed by atoms with Gasteiger partial charge >= 0.3 is 0 Å². The van der Waals surface area contributed by atoms with E-state index in [0.29, 0.717) is 23.1 Å². The molecule has 0 unspecified atom stereocenters. The Balaban J connectivity index is 2.37. The van der Waals surface area contributed by atoms with E-state index >= 15 is 0 Å². The van der Waals surface area contributed by atoms with Crippen LogP contribution in [0.1, 0.15) is 65.8 Å². The van der Waals surface area contributed by atoms with E-state index in [0.717, 1.165) is 31.2 Å². The molecule has 0 fully saturated rings. The fourth-order valence-corrected chi connectivity index (χ4v) is 2.59. The molecule has 0 amide bonds. The number of aryl methyl sites for hydroxylation is 1. The molecule has 100 valence electrons. The molecule has 0 radical (unpaired) electrons. The number of carbonyl (C=O) groups is 2. The Kier molecular flexibility index (Phi) is 4.31. The molecule has 1 aliphatic rings. The molecule has 1 aromatic rings. The molecule has 0 saturated heterocycles. The number of rotatable bonds is 5. The number of allylic oxidation sites excluding steroid dienone is 2. The molecule has 0 spiro atoms. The van der Waals surface area contributed by atoms with E-state index < -0.39 is 0 Å². The summed E-state index contributed by atoms with van der Waals surface area (Å²) in [7, 11) is 0. The van der Waals surface area contributed by atoms with Crippen LogP contribution in [0.4, 0.5) is 0 Å². The molecule has 0 heterocycles. The minimum atomic E-state index is -0.00134. The zero-order chi connectivity index (χ0) is 13.8. The summed E-state index contributed by atoms with van der Waals surface area (Å²) in [5, 5.41) is 0. The normalized spacial score (nSPS) is 14.3. The van der Waals surface area contributed by atoms with Crippen LogP contribution >= 0.6 is 0 Å². The van der Waals surface area contributed by atoms with Crippen LogP contribution in [-0.4, -0.2) is 11.6 Å². The third-order valence-corrected chi connectivity index (χ3v) is 3.67. The van der Waals surface area contributed by atoms with Gasteiger partial charge in [-0.25, -0.2) is 0 Å². The molecule has 0 aromatic heterocycles. The van der Waals surface area contributed by atoms with Crippen molar-refractivity contribution >= 4 is 11.6 Å². The second kappa shape index (κ2) is 5.96. The van der Waals surface area contributed by atoms with Gasteiger partial charge in [0.2, 0.25) is 0 Å². The van der Waals surface area contributed by atoms with E-state index in [2.05, 4.69) is 6.92 Å². The number of hydrogen-bond acceptors (Lipinski definition) is 2. The number of benzene rings is 1. The first kappa shape index (κ1) is 13.7. The maximum absolute atomic E-state index is 12.3. The SMILES string of the molecule is CCCCCc1cccc2c1C(=O)C=C(CC)C2=O. The van der Waals surface area contributed by atoms with E-state index in [-0.39, 0.29) is 11.6 Å². The molecular weight excluding hydrogens is 236 g/mol. The zero-order valence-corrected chi connectivity index (χ0v) is 11.7. The Bertz CT molecular complexity index is 538. The summed E-state index contributed by atoms with van der Waals surface area (Å²) in [4.78, 5) is 24.5. The fourth-order valence-electron chi connectivity index (χ4n) is 2.59. The third kappa shape index (κ3) is 2.67. The summed E-state index contributed by atoms with van der Waals surface area (Å²) in [5.41, 5.74) is 2.89. The highest BCUT2D eigenvalue weighted by Crippen LogP contribution is 2.26. The van der Waals surface area contributed by atoms with E-state index in [9.17, 15) is 9.59 Å². The molecular formula is C17H20O2. The molecule has 2 nitrogen and oxygen atoms in total. The summed E-state index contributed by atoms with van der Waals surface area (Å²) in [5.74, 6) is 0.0213. The van der Waals surface area contributed by atoms with Gasteiger partial charge in [-0.1, -0.05) is 44.9 Å². The Hall–Kier alpha value is -1.70. The van der Waals surface area contributed by atoms with Gasteiger partial charge in [0.1, 0.15) is 0 Å². The highest BCUT2D eigenvalue weighted by molar-refractivity contribution is 6.25. The van der Waals surface area contributed by atoms with Gasteiger partial charge in [-0.2, -0.15) is 0 Å². The predicted octanol–water partition coefficient (Wildman–Crippen LogP) is 4.13. The second-order valence-corrected chi connectivity index (χ2v) is 5.01. The Morgan fingerprint density at radius 1 is 1.05 bits per heavy atom.